The average Bonchev–Trinajstić information content (AvgIpc) is 3.30. The summed E-state index contributed by atoms with van der Waals surface area (Å²) < 4.78 is 26.2. The fourth-order valence-electron chi connectivity index (χ4n) is 3.57. The predicted molar refractivity (Wildman–Crippen MR) is 79.5 cm³/mol. The number of carbonyl (C=O) groups excluding carboxylic acids is 1. The Morgan fingerprint density at radius 3 is 2.48 bits per heavy atom. The molecule has 0 bridgehead atoms. The van der Waals surface area contributed by atoms with E-state index >= 15 is 0 Å². The molecule has 1 aliphatic carbocycles. The molecule has 0 unspecified atom stereocenters. The Morgan fingerprint density at radius 1 is 1.14 bits per heavy atom. The summed E-state index contributed by atoms with van der Waals surface area (Å²) in [4.78, 5) is 12.4. The molecule has 1 aromatic rings. The number of para-hydroxylation sites is 1. The van der Waals surface area contributed by atoms with Crippen LogP contribution >= 0.6 is 0 Å². The molecule has 21 heavy (non-hydrogen) atoms. The number of nitrogens with one attached hydrogen (secondary N) is 1. The van der Waals surface area contributed by atoms with Gasteiger partial charge in [0.15, 0.2) is 0 Å². The number of rotatable bonds is 2. The van der Waals surface area contributed by atoms with Crippen LogP contribution in [0, 0.1) is 0 Å². The van der Waals surface area contributed by atoms with Gasteiger partial charge in [-0.15, -0.1) is 0 Å². The lowest BCUT2D eigenvalue weighted by molar-refractivity contribution is -0.122. The van der Waals surface area contributed by atoms with Crippen molar-refractivity contribution in [2.24, 2.45) is 0 Å². The molecule has 2 fully saturated rings. The van der Waals surface area contributed by atoms with E-state index in [9.17, 15) is 13.2 Å². The summed E-state index contributed by atoms with van der Waals surface area (Å²) in [6.07, 6.45) is 2.71. The average molecular weight is 306 g/mol. The maximum Gasteiger partial charge on any atom is 0.235 e. The van der Waals surface area contributed by atoms with Gasteiger partial charge in [-0.1, -0.05) is 18.2 Å². The third-order valence-electron chi connectivity index (χ3n) is 5.01. The van der Waals surface area contributed by atoms with E-state index in [-0.39, 0.29) is 11.2 Å². The van der Waals surface area contributed by atoms with Crippen LogP contribution in [0.15, 0.2) is 24.3 Å². The SMILES string of the molecule is O=C1Nc2ccccc2C12CCN(S(=O)(=O)C1CC1)CC2. The third-order valence-corrected chi connectivity index (χ3v) is 7.41. The third kappa shape index (κ3) is 1.85. The molecule has 1 N–H and O–H groups in total. The zero-order chi connectivity index (χ0) is 14.7. The van der Waals surface area contributed by atoms with Crippen LogP contribution < -0.4 is 5.32 Å². The Bertz CT molecular complexity index is 701. The number of amides is 1. The van der Waals surface area contributed by atoms with Gasteiger partial charge in [-0.25, -0.2) is 12.7 Å². The first-order chi connectivity index (χ1) is 10.0. The molecule has 5 nitrogen and oxygen atoms in total. The smallest absolute Gasteiger partial charge is 0.235 e. The quantitative estimate of drug-likeness (QED) is 0.899. The summed E-state index contributed by atoms with van der Waals surface area (Å²) >= 11 is 0. The molecule has 2 heterocycles. The van der Waals surface area contributed by atoms with Crippen LogP contribution in [-0.2, 0) is 20.2 Å². The fourth-order valence-corrected chi connectivity index (χ4v) is 5.41. The minimum Gasteiger partial charge on any atom is -0.325 e. The van der Waals surface area contributed by atoms with Crippen molar-refractivity contribution in [1.82, 2.24) is 4.31 Å². The Morgan fingerprint density at radius 2 is 1.81 bits per heavy atom. The maximum atomic E-state index is 12.4. The number of piperidine rings is 1. The Kier molecular flexibility index (Phi) is 2.72. The van der Waals surface area contributed by atoms with Gasteiger partial charge in [0.2, 0.25) is 15.9 Å². The van der Waals surface area contributed by atoms with Gasteiger partial charge in [-0.05, 0) is 37.3 Å². The number of nitrogens with zero attached hydrogens (tertiary/aromatic N) is 1. The second-order valence-corrected chi connectivity index (χ2v) is 8.44. The Balaban J connectivity index is 1.61. The van der Waals surface area contributed by atoms with Crippen molar-refractivity contribution >= 4 is 21.6 Å². The highest BCUT2D eigenvalue weighted by atomic mass is 32.2. The van der Waals surface area contributed by atoms with E-state index in [1.807, 2.05) is 24.3 Å². The number of benzene rings is 1. The first-order valence-corrected chi connectivity index (χ1v) is 8.94. The topological polar surface area (TPSA) is 66.5 Å². The maximum absolute atomic E-state index is 12.4. The molecule has 1 spiro atoms. The molecule has 1 aromatic carbocycles. The van der Waals surface area contributed by atoms with Gasteiger partial charge in [0.05, 0.1) is 10.7 Å². The molecule has 6 heteroatoms. The minimum absolute atomic E-state index is 0.0205. The molecule has 1 saturated heterocycles. The molecule has 1 saturated carbocycles. The predicted octanol–water partition coefficient (Wildman–Crippen LogP) is 1.46. The summed E-state index contributed by atoms with van der Waals surface area (Å²) in [5.41, 5.74) is 1.37. The van der Waals surface area contributed by atoms with Crippen LogP contribution in [0.5, 0.6) is 0 Å². The minimum atomic E-state index is -3.13. The number of anilines is 1. The number of fused-ring (bicyclic) bond motifs is 2. The fraction of sp³-hybridized carbons (Fsp3) is 0.533. The molecule has 1 amide bonds. The number of sulfonamides is 1. The lowest BCUT2D eigenvalue weighted by atomic mass is 9.74. The van der Waals surface area contributed by atoms with Crippen LogP contribution in [0.25, 0.3) is 0 Å². The van der Waals surface area contributed by atoms with Gasteiger partial charge in [-0.3, -0.25) is 4.79 Å². The summed E-state index contributed by atoms with van der Waals surface area (Å²) in [6.45, 7) is 0.890. The number of hydrogen-bond acceptors (Lipinski definition) is 3. The second kappa shape index (κ2) is 4.30. The van der Waals surface area contributed by atoms with Gasteiger partial charge in [-0.2, -0.15) is 0 Å². The first-order valence-electron chi connectivity index (χ1n) is 7.44. The van der Waals surface area contributed by atoms with Gasteiger partial charge < -0.3 is 5.32 Å². The van der Waals surface area contributed by atoms with Crippen molar-refractivity contribution in [2.45, 2.75) is 36.3 Å². The van der Waals surface area contributed by atoms with Crippen molar-refractivity contribution in [2.75, 3.05) is 18.4 Å². The van der Waals surface area contributed by atoms with E-state index in [0.717, 1.165) is 24.1 Å². The molecule has 2 aliphatic heterocycles. The zero-order valence-corrected chi connectivity index (χ0v) is 12.5. The molecule has 0 radical (unpaired) electrons. The van der Waals surface area contributed by atoms with Crippen molar-refractivity contribution in [1.29, 1.82) is 0 Å². The molecule has 4 rings (SSSR count). The van der Waals surface area contributed by atoms with Crippen LogP contribution in [0.2, 0.25) is 0 Å². The first kappa shape index (κ1) is 13.3. The molecular weight excluding hydrogens is 288 g/mol. The van der Waals surface area contributed by atoms with Crippen LogP contribution in [0.1, 0.15) is 31.2 Å². The van der Waals surface area contributed by atoms with Gasteiger partial charge in [0.25, 0.3) is 0 Å². The lowest BCUT2D eigenvalue weighted by Crippen LogP contribution is -2.49. The van der Waals surface area contributed by atoms with Gasteiger partial charge in [0.1, 0.15) is 0 Å². The van der Waals surface area contributed by atoms with Crippen molar-refractivity contribution in [3.05, 3.63) is 29.8 Å². The summed E-state index contributed by atoms with van der Waals surface area (Å²) in [7, 11) is -3.13. The van der Waals surface area contributed by atoms with E-state index in [1.54, 1.807) is 4.31 Å². The standard InChI is InChI=1S/C15H18N2O3S/c18-14-15(12-3-1-2-4-13(12)16-14)7-9-17(10-8-15)21(19,20)11-5-6-11/h1-4,11H,5-10H2,(H,16,18). The highest BCUT2D eigenvalue weighted by Crippen LogP contribution is 2.45. The normalized spacial score (nSPS) is 24.9. The van der Waals surface area contributed by atoms with E-state index in [4.69, 9.17) is 0 Å². The Labute approximate surface area is 124 Å². The van der Waals surface area contributed by atoms with E-state index in [0.29, 0.717) is 25.9 Å². The van der Waals surface area contributed by atoms with Crippen molar-refractivity contribution in [3.8, 4) is 0 Å². The highest BCUT2D eigenvalue weighted by molar-refractivity contribution is 7.90. The molecule has 0 atom stereocenters. The van der Waals surface area contributed by atoms with Crippen LogP contribution in [-0.4, -0.2) is 37.0 Å². The second-order valence-electron chi connectivity index (χ2n) is 6.23. The zero-order valence-electron chi connectivity index (χ0n) is 11.7. The lowest BCUT2D eigenvalue weighted by Gasteiger charge is -2.37. The van der Waals surface area contributed by atoms with Gasteiger partial charge >= 0.3 is 0 Å². The monoisotopic (exact) mass is 306 g/mol. The molecular formula is C15H18N2O3S. The van der Waals surface area contributed by atoms with Gasteiger partial charge in [0, 0.05) is 18.8 Å². The Hall–Kier alpha value is -1.40. The summed E-state index contributed by atoms with van der Waals surface area (Å²) in [6, 6.07) is 7.74. The largest absolute Gasteiger partial charge is 0.325 e. The summed E-state index contributed by atoms with van der Waals surface area (Å²) in [5, 5.41) is 2.77. The van der Waals surface area contributed by atoms with Crippen molar-refractivity contribution < 1.29 is 13.2 Å². The highest BCUT2D eigenvalue weighted by Gasteiger charge is 2.51. The number of hydrogen-bond donors (Lipinski definition) is 1. The molecule has 112 valence electrons. The number of carbonyl (C=O) groups is 1. The van der Waals surface area contributed by atoms with Crippen LogP contribution in [0.3, 0.4) is 0 Å². The summed E-state index contributed by atoms with van der Waals surface area (Å²) in [5.74, 6) is 0.0205. The van der Waals surface area contributed by atoms with Crippen molar-refractivity contribution in [3.63, 3.8) is 0 Å². The molecule has 3 aliphatic rings. The van der Waals surface area contributed by atoms with E-state index in [2.05, 4.69) is 5.32 Å². The molecule has 0 aromatic heterocycles. The van der Waals surface area contributed by atoms with E-state index in [1.165, 1.54) is 0 Å². The van der Waals surface area contributed by atoms with E-state index < -0.39 is 15.4 Å². The van der Waals surface area contributed by atoms with Crippen LogP contribution in [0.4, 0.5) is 5.69 Å².